The summed E-state index contributed by atoms with van der Waals surface area (Å²) in [6, 6.07) is 4.75. The third-order valence-electron chi connectivity index (χ3n) is 1.92. The molecule has 0 fully saturated rings. The third kappa shape index (κ3) is 1.50. The molecule has 0 unspecified atom stereocenters. The summed E-state index contributed by atoms with van der Waals surface area (Å²) in [5, 5.41) is 7.60. The average Bonchev–Trinajstić information content (AvgIpc) is 2.57. The molecule has 0 saturated carbocycles. The van der Waals surface area contributed by atoms with E-state index in [0.29, 0.717) is 16.3 Å². The molecule has 1 aromatic carbocycles. The fourth-order valence-corrected chi connectivity index (χ4v) is 1.33. The Kier molecular flexibility index (Phi) is 2.25. The summed E-state index contributed by atoms with van der Waals surface area (Å²) < 4.78 is 14.9. The number of nitrogens with zero attached hydrogens (tertiary/aromatic N) is 3. The van der Waals surface area contributed by atoms with Crippen LogP contribution in [0.4, 0.5) is 4.39 Å². The van der Waals surface area contributed by atoms with Gasteiger partial charge in [-0.25, -0.2) is 4.39 Å². The third-order valence-corrected chi connectivity index (χ3v) is 2.28. The average molecular weight is 209 g/mol. The number of halogens is 1. The summed E-state index contributed by atoms with van der Waals surface area (Å²) >= 11 is 3.95. The van der Waals surface area contributed by atoms with Crippen molar-refractivity contribution in [3.05, 3.63) is 30.3 Å². The van der Waals surface area contributed by atoms with Crippen molar-refractivity contribution in [1.82, 2.24) is 14.8 Å². The zero-order valence-corrected chi connectivity index (χ0v) is 8.37. The molecule has 14 heavy (non-hydrogen) atoms. The summed E-state index contributed by atoms with van der Waals surface area (Å²) in [7, 11) is 1.81. The standard InChI is InChI=1S/C9H8FN3S/c1-13-5-11-12-9(13)6-2-3-8(14)7(10)4-6/h2-5,14H,1H3. The molecular weight excluding hydrogens is 201 g/mol. The molecule has 3 nitrogen and oxygen atoms in total. The first-order valence-corrected chi connectivity index (χ1v) is 4.46. The molecule has 0 N–H and O–H groups in total. The van der Waals surface area contributed by atoms with Gasteiger partial charge in [0.25, 0.3) is 0 Å². The van der Waals surface area contributed by atoms with Crippen LogP contribution < -0.4 is 0 Å². The van der Waals surface area contributed by atoms with Crippen LogP contribution in [0.5, 0.6) is 0 Å². The molecule has 0 aliphatic heterocycles. The van der Waals surface area contributed by atoms with Gasteiger partial charge in [-0.3, -0.25) is 0 Å². The highest BCUT2D eigenvalue weighted by Gasteiger charge is 2.06. The Morgan fingerprint density at radius 1 is 1.43 bits per heavy atom. The molecule has 0 atom stereocenters. The predicted octanol–water partition coefficient (Wildman–Crippen LogP) is 1.91. The fraction of sp³-hybridized carbons (Fsp3) is 0.111. The van der Waals surface area contributed by atoms with Gasteiger partial charge >= 0.3 is 0 Å². The lowest BCUT2D eigenvalue weighted by Crippen LogP contribution is -1.92. The molecule has 2 rings (SSSR count). The Bertz CT molecular complexity index is 467. The van der Waals surface area contributed by atoms with Crippen LogP contribution in [0.3, 0.4) is 0 Å². The fourth-order valence-electron chi connectivity index (χ4n) is 1.19. The van der Waals surface area contributed by atoms with Gasteiger partial charge in [0.05, 0.1) is 0 Å². The van der Waals surface area contributed by atoms with E-state index in [0.717, 1.165) is 0 Å². The van der Waals surface area contributed by atoms with E-state index in [1.165, 1.54) is 6.07 Å². The van der Waals surface area contributed by atoms with Crippen molar-refractivity contribution in [3.63, 3.8) is 0 Å². The molecule has 0 amide bonds. The largest absolute Gasteiger partial charge is 0.317 e. The van der Waals surface area contributed by atoms with Crippen LogP contribution in [0, 0.1) is 5.82 Å². The highest BCUT2D eigenvalue weighted by atomic mass is 32.1. The second-order valence-corrected chi connectivity index (χ2v) is 3.41. The highest BCUT2D eigenvalue weighted by molar-refractivity contribution is 7.80. The van der Waals surface area contributed by atoms with Crippen LogP contribution in [0.1, 0.15) is 0 Å². The van der Waals surface area contributed by atoms with Gasteiger partial charge in [-0.1, -0.05) is 0 Å². The maximum atomic E-state index is 13.2. The Morgan fingerprint density at radius 2 is 2.21 bits per heavy atom. The van der Waals surface area contributed by atoms with Gasteiger partial charge in [-0.15, -0.1) is 22.8 Å². The van der Waals surface area contributed by atoms with Crippen molar-refractivity contribution in [2.45, 2.75) is 4.90 Å². The van der Waals surface area contributed by atoms with Gasteiger partial charge in [0.1, 0.15) is 12.1 Å². The zero-order valence-electron chi connectivity index (χ0n) is 7.48. The van der Waals surface area contributed by atoms with Crippen molar-refractivity contribution in [1.29, 1.82) is 0 Å². The van der Waals surface area contributed by atoms with Gasteiger partial charge in [-0.2, -0.15) is 0 Å². The van der Waals surface area contributed by atoms with Gasteiger partial charge in [0.2, 0.25) is 0 Å². The summed E-state index contributed by atoms with van der Waals surface area (Å²) in [5.41, 5.74) is 0.695. The van der Waals surface area contributed by atoms with Crippen LogP contribution in [-0.4, -0.2) is 14.8 Å². The van der Waals surface area contributed by atoms with Crippen molar-refractivity contribution < 1.29 is 4.39 Å². The van der Waals surface area contributed by atoms with E-state index < -0.39 is 0 Å². The monoisotopic (exact) mass is 209 g/mol. The Labute approximate surface area is 86.0 Å². The highest BCUT2D eigenvalue weighted by Crippen LogP contribution is 2.20. The lowest BCUT2D eigenvalue weighted by Gasteiger charge is -2.01. The topological polar surface area (TPSA) is 30.7 Å². The molecule has 1 aromatic heterocycles. The minimum Gasteiger partial charge on any atom is -0.317 e. The van der Waals surface area contributed by atoms with Crippen LogP contribution in [0.15, 0.2) is 29.4 Å². The van der Waals surface area contributed by atoms with Gasteiger partial charge in [0.15, 0.2) is 5.82 Å². The Morgan fingerprint density at radius 3 is 2.79 bits per heavy atom. The molecule has 0 bridgehead atoms. The van der Waals surface area contributed by atoms with E-state index in [2.05, 4.69) is 22.8 Å². The number of benzene rings is 1. The molecule has 5 heteroatoms. The molecule has 0 aliphatic carbocycles. The number of aromatic nitrogens is 3. The zero-order chi connectivity index (χ0) is 10.1. The van der Waals surface area contributed by atoms with Crippen molar-refractivity contribution in [3.8, 4) is 11.4 Å². The summed E-state index contributed by atoms with van der Waals surface area (Å²) in [6.45, 7) is 0. The molecule has 1 heterocycles. The van der Waals surface area contributed by atoms with Gasteiger partial charge in [0, 0.05) is 17.5 Å². The minimum absolute atomic E-state index is 0.330. The predicted molar refractivity (Wildman–Crippen MR) is 53.6 cm³/mol. The van der Waals surface area contributed by atoms with Crippen molar-refractivity contribution >= 4 is 12.6 Å². The number of hydrogen-bond acceptors (Lipinski definition) is 3. The first kappa shape index (κ1) is 9.21. The van der Waals surface area contributed by atoms with E-state index >= 15 is 0 Å². The lowest BCUT2D eigenvalue weighted by atomic mass is 10.2. The van der Waals surface area contributed by atoms with Crippen LogP contribution >= 0.6 is 12.6 Å². The second kappa shape index (κ2) is 3.42. The first-order chi connectivity index (χ1) is 6.68. The maximum absolute atomic E-state index is 13.2. The van der Waals surface area contributed by atoms with Gasteiger partial charge in [-0.05, 0) is 18.2 Å². The SMILES string of the molecule is Cn1cnnc1-c1ccc(S)c(F)c1. The van der Waals surface area contributed by atoms with E-state index in [4.69, 9.17) is 0 Å². The molecule has 2 aromatic rings. The van der Waals surface area contributed by atoms with Gasteiger partial charge < -0.3 is 4.57 Å². The minimum atomic E-state index is -0.353. The summed E-state index contributed by atoms with van der Waals surface area (Å²) in [6.07, 6.45) is 1.57. The lowest BCUT2D eigenvalue weighted by molar-refractivity contribution is 0.603. The molecular formula is C9H8FN3S. The van der Waals surface area contributed by atoms with Crippen LogP contribution in [0.25, 0.3) is 11.4 Å². The van der Waals surface area contributed by atoms with Crippen LogP contribution in [0.2, 0.25) is 0 Å². The number of hydrogen-bond donors (Lipinski definition) is 1. The molecule has 0 aliphatic rings. The summed E-state index contributed by atoms with van der Waals surface area (Å²) in [5.74, 6) is 0.283. The van der Waals surface area contributed by atoms with E-state index in [-0.39, 0.29) is 5.82 Å². The first-order valence-electron chi connectivity index (χ1n) is 4.01. The number of aryl methyl sites for hydroxylation is 1. The van der Waals surface area contributed by atoms with E-state index in [1.54, 1.807) is 23.0 Å². The normalized spacial score (nSPS) is 10.5. The number of rotatable bonds is 1. The van der Waals surface area contributed by atoms with Crippen molar-refractivity contribution in [2.24, 2.45) is 7.05 Å². The second-order valence-electron chi connectivity index (χ2n) is 2.93. The molecule has 0 radical (unpaired) electrons. The Balaban J connectivity index is 2.53. The smallest absolute Gasteiger partial charge is 0.163 e. The van der Waals surface area contributed by atoms with Crippen molar-refractivity contribution in [2.75, 3.05) is 0 Å². The van der Waals surface area contributed by atoms with E-state index in [9.17, 15) is 4.39 Å². The molecule has 0 spiro atoms. The molecule has 0 saturated heterocycles. The molecule has 72 valence electrons. The summed E-state index contributed by atoms with van der Waals surface area (Å²) in [4.78, 5) is 0.330. The van der Waals surface area contributed by atoms with E-state index in [1.807, 2.05) is 7.05 Å². The maximum Gasteiger partial charge on any atom is 0.163 e. The van der Waals surface area contributed by atoms with Crippen LogP contribution in [-0.2, 0) is 7.05 Å². The Hall–Kier alpha value is -1.36. The quantitative estimate of drug-likeness (QED) is 0.727. The number of thiol groups is 1.